The van der Waals surface area contributed by atoms with Crippen LogP contribution in [-0.2, 0) is 11.3 Å². The van der Waals surface area contributed by atoms with Gasteiger partial charge in [-0.05, 0) is 36.8 Å². The lowest BCUT2D eigenvalue weighted by atomic mass is 10.1. The van der Waals surface area contributed by atoms with E-state index in [4.69, 9.17) is 19.9 Å². The molecule has 2 unspecified atom stereocenters. The van der Waals surface area contributed by atoms with Crippen molar-refractivity contribution in [2.45, 2.75) is 25.7 Å². The fourth-order valence-corrected chi connectivity index (χ4v) is 2.27. The van der Waals surface area contributed by atoms with E-state index in [2.05, 4.69) is 4.98 Å². The van der Waals surface area contributed by atoms with Gasteiger partial charge in [0.2, 0.25) is 6.79 Å². The smallest absolute Gasteiger partial charge is 0.231 e. The summed E-state index contributed by atoms with van der Waals surface area (Å²) in [6.45, 7) is 2.63. The minimum atomic E-state index is -0.239. The Morgan fingerprint density at radius 1 is 1.24 bits per heavy atom. The van der Waals surface area contributed by atoms with Crippen molar-refractivity contribution in [1.29, 1.82) is 0 Å². The Morgan fingerprint density at radius 2 is 2.10 bits per heavy atom. The highest BCUT2D eigenvalue weighted by Gasteiger charge is 2.19. The van der Waals surface area contributed by atoms with E-state index in [1.165, 1.54) is 0 Å². The number of fused-ring (bicyclic) bond motifs is 1. The third kappa shape index (κ3) is 3.15. The van der Waals surface area contributed by atoms with Gasteiger partial charge in [0.1, 0.15) is 6.10 Å². The van der Waals surface area contributed by atoms with E-state index in [0.717, 1.165) is 22.8 Å². The first-order valence-corrected chi connectivity index (χ1v) is 6.90. The molecular formula is C16H18N2O3. The lowest BCUT2D eigenvalue weighted by Gasteiger charge is -2.21. The number of pyridine rings is 1. The number of nitrogens with two attached hydrogens (primary N) is 1. The maximum absolute atomic E-state index is 6.01. The molecule has 0 spiro atoms. The Hall–Kier alpha value is -2.11. The number of ether oxygens (including phenoxy) is 3. The van der Waals surface area contributed by atoms with Gasteiger partial charge in [-0.25, -0.2) is 0 Å². The van der Waals surface area contributed by atoms with Gasteiger partial charge in [0, 0.05) is 12.2 Å². The van der Waals surface area contributed by atoms with Crippen LogP contribution in [0.5, 0.6) is 11.5 Å². The fourth-order valence-electron chi connectivity index (χ4n) is 2.27. The molecule has 1 aromatic heterocycles. The van der Waals surface area contributed by atoms with E-state index in [1.807, 2.05) is 43.3 Å². The topological polar surface area (TPSA) is 66.6 Å². The third-order valence-electron chi connectivity index (χ3n) is 3.32. The molecular weight excluding hydrogens is 268 g/mol. The molecule has 0 saturated heterocycles. The second kappa shape index (κ2) is 6.11. The number of aromatic nitrogens is 1. The molecule has 1 aromatic carbocycles. The average Bonchev–Trinajstić information content (AvgIpc) is 2.96. The van der Waals surface area contributed by atoms with Crippen LogP contribution in [0.4, 0.5) is 0 Å². The maximum atomic E-state index is 6.01. The first-order chi connectivity index (χ1) is 10.2. The summed E-state index contributed by atoms with van der Waals surface area (Å²) in [5, 5.41) is 0. The summed E-state index contributed by atoms with van der Waals surface area (Å²) in [5.41, 5.74) is 7.87. The second-order valence-corrected chi connectivity index (χ2v) is 5.03. The van der Waals surface area contributed by atoms with Crippen LogP contribution in [0.2, 0.25) is 0 Å². The van der Waals surface area contributed by atoms with E-state index >= 15 is 0 Å². The molecule has 0 aliphatic carbocycles. The molecule has 2 atom stereocenters. The van der Waals surface area contributed by atoms with Gasteiger partial charge in [0.05, 0.1) is 12.3 Å². The lowest BCUT2D eigenvalue weighted by Crippen LogP contribution is -2.27. The molecule has 0 radical (unpaired) electrons. The van der Waals surface area contributed by atoms with Crippen molar-refractivity contribution in [2.24, 2.45) is 5.73 Å². The fraction of sp³-hybridized carbons (Fsp3) is 0.312. The number of nitrogens with zero attached hydrogens (tertiary/aromatic N) is 1. The van der Waals surface area contributed by atoms with Gasteiger partial charge in [-0.1, -0.05) is 12.1 Å². The predicted molar refractivity (Wildman–Crippen MR) is 78.0 cm³/mol. The van der Waals surface area contributed by atoms with Crippen LogP contribution in [0.15, 0.2) is 42.6 Å². The highest BCUT2D eigenvalue weighted by Crippen LogP contribution is 2.33. The van der Waals surface area contributed by atoms with Gasteiger partial charge in [-0.3, -0.25) is 4.98 Å². The minimum absolute atomic E-state index is 0.145. The summed E-state index contributed by atoms with van der Waals surface area (Å²) in [6, 6.07) is 11.4. The van der Waals surface area contributed by atoms with Crippen LogP contribution in [0.25, 0.3) is 0 Å². The van der Waals surface area contributed by atoms with Crippen LogP contribution in [-0.4, -0.2) is 17.8 Å². The zero-order chi connectivity index (χ0) is 14.7. The molecule has 5 nitrogen and oxygen atoms in total. The normalized spacial score (nSPS) is 15.7. The van der Waals surface area contributed by atoms with E-state index in [1.54, 1.807) is 6.20 Å². The summed E-state index contributed by atoms with van der Waals surface area (Å²) < 4.78 is 16.6. The molecule has 0 fully saturated rings. The number of benzene rings is 1. The molecule has 0 bridgehead atoms. The van der Waals surface area contributed by atoms with Crippen LogP contribution in [0, 0.1) is 0 Å². The Bertz CT molecular complexity index is 602. The zero-order valence-corrected chi connectivity index (χ0v) is 11.9. The summed E-state index contributed by atoms with van der Waals surface area (Å²) >= 11 is 0. The van der Waals surface area contributed by atoms with Crippen LogP contribution >= 0.6 is 0 Å². The molecule has 0 amide bonds. The molecule has 5 heteroatoms. The standard InChI is InChI=1S/C16H18N2O3/c1-11(17)16(13-4-2-3-7-18-13)19-9-12-5-6-14-15(8-12)21-10-20-14/h2-8,11,16H,9-10,17H2,1H3. The maximum Gasteiger partial charge on any atom is 0.231 e. The highest BCUT2D eigenvalue weighted by atomic mass is 16.7. The van der Waals surface area contributed by atoms with Gasteiger partial charge in [0.25, 0.3) is 0 Å². The third-order valence-corrected chi connectivity index (χ3v) is 3.32. The first kappa shape index (κ1) is 13.9. The Labute approximate surface area is 123 Å². The van der Waals surface area contributed by atoms with E-state index in [-0.39, 0.29) is 18.9 Å². The summed E-state index contributed by atoms with van der Waals surface area (Å²) in [6.07, 6.45) is 1.51. The Balaban J connectivity index is 1.70. The van der Waals surface area contributed by atoms with E-state index < -0.39 is 0 Å². The van der Waals surface area contributed by atoms with Crippen LogP contribution in [0.1, 0.15) is 24.3 Å². The lowest BCUT2D eigenvalue weighted by molar-refractivity contribution is 0.0230. The van der Waals surface area contributed by atoms with Gasteiger partial charge in [-0.2, -0.15) is 0 Å². The second-order valence-electron chi connectivity index (χ2n) is 5.03. The molecule has 2 heterocycles. The number of hydrogen-bond donors (Lipinski definition) is 1. The van der Waals surface area contributed by atoms with Gasteiger partial charge in [-0.15, -0.1) is 0 Å². The van der Waals surface area contributed by atoms with Crippen LogP contribution < -0.4 is 15.2 Å². The van der Waals surface area contributed by atoms with Gasteiger partial charge >= 0.3 is 0 Å². The molecule has 2 N–H and O–H groups in total. The van der Waals surface area contributed by atoms with Crippen molar-refractivity contribution in [2.75, 3.05) is 6.79 Å². The molecule has 1 aliphatic heterocycles. The van der Waals surface area contributed by atoms with Crippen molar-refractivity contribution >= 4 is 0 Å². The van der Waals surface area contributed by atoms with Crippen molar-refractivity contribution in [3.05, 3.63) is 53.9 Å². The zero-order valence-electron chi connectivity index (χ0n) is 11.9. The predicted octanol–water partition coefficient (Wildman–Crippen LogP) is 2.42. The highest BCUT2D eigenvalue weighted by molar-refractivity contribution is 5.44. The molecule has 3 rings (SSSR count). The quantitative estimate of drug-likeness (QED) is 0.914. The van der Waals surface area contributed by atoms with Crippen molar-refractivity contribution in [1.82, 2.24) is 4.98 Å². The summed E-state index contributed by atoms with van der Waals surface area (Å²) in [5.74, 6) is 1.53. The Kier molecular flexibility index (Phi) is 4.03. The molecule has 110 valence electrons. The molecule has 21 heavy (non-hydrogen) atoms. The largest absolute Gasteiger partial charge is 0.454 e. The van der Waals surface area contributed by atoms with Crippen molar-refractivity contribution in [3.63, 3.8) is 0 Å². The van der Waals surface area contributed by atoms with Gasteiger partial charge < -0.3 is 19.9 Å². The average molecular weight is 286 g/mol. The Morgan fingerprint density at radius 3 is 2.86 bits per heavy atom. The van der Waals surface area contributed by atoms with Gasteiger partial charge in [0.15, 0.2) is 11.5 Å². The first-order valence-electron chi connectivity index (χ1n) is 6.90. The monoisotopic (exact) mass is 286 g/mol. The summed E-state index contributed by atoms with van der Waals surface area (Å²) in [4.78, 5) is 4.32. The van der Waals surface area contributed by atoms with Crippen molar-refractivity contribution in [3.8, 4) is 11.5 Å². The summed E-state index contributed by atoms with van der Waals surface area (Å²) in [7, 11) is 0. The number of rotatable bonds is 5. The van der Waals surface area contributed by atoms with E-state index in [0.29, 0.717) is 6.61 Å². The SMILES string of the molecule is CC(N)C(OCc1ccc2c(c1)OCO2)c1ccccn1. The molecule has 0 saturated carbocycles. The molecule has 2 aromatic rings. The van der Waals surface area contributed by atoms with E-state index in [9.17, 15) is 0 Å². The molecule has 1 aliphatic rings. The van der Waals surface area contributed by atoms with Crippen LogP contribution in [0.3, 0.4) is 0 Å². The minimum Gasteiger partial charge on any atom is -0.454 e. The van der Waals surface area contributed by atoms with Crippen molar-refractivity contribution < 1.29 is 14.2 Å². The number of hydrogen-bond acceptors (Lipinski definition) is 5.